The Labute approximate surface area is 110 Å². The maximum Gasteiger partial charge on any atom is 0.303 e. The van der Waals surface area contributed by atoms with Gasteiger partial charge in [0.05, 0.1) is 12.1 Å². The fraction of sp³-hybridized carbons (Fsp3) is 0.143. The van der Waals surface area contributed by atoms with Gasteiger partial charge in [-0.3, -0.25) is 4.79 Å². The van der Waals surface area contributed by atoms with Crippen LogP contribution in [0.25, 0.3) is 11.3 Å². The number of nitrogens with zero attached hydrogens (tertiary/aromatic N) is 3. The van der Waals surface area contributed by atoms with Gasteiger partial charge in [-0.2, -0.15) is 5.26 Å². The van der Waals surface area contributed by atoms with Crippen LogP contribution in [0.3, 0.4) is 0 Å². The molecule has 1 aromatic carbocycles. The van der Waals surface area contributed by atoms with Crippen molar-refractivity contribution in [1.29, 1.82) is 5.26 Å². The molecule has 0 bridgehead atoms. The van der Waals surface area contributed by atoms with Crippen molar-refractivity contribution in [2.24, 2.45) is 0 Å². The lowest BCUT2D eigenvalue weighted by Crippen LogP contribution is -2.02. The van der Waals surface area contributed by atoms with E-state index in [-0.39, 0.29) is 18.7 Å². The summed E-state index contributed by atoms with van der Waals surface area (Å²) >= 11 is 0. The first kappa shape index (κ1) is 12.7. The van der Waals surface area contributed by atoms with Crippen molar-refractivity contribution in [3.8, 4) is 17.3 Å². The summed E-state index contributed by atoms with van der Waals surface area (Å²) in [7, 11) is 0. The summed E-state index contributed by atoms with van der Waals surface area (Å²) in [4.78, 5) is 18.7. The minimum atomic E-state index is -0.890. The van der Waals surface area contributed by atoms with E-state index in [4.69, 9.17) is 10.4 Å². The van der Waals surface area contributed by atoms with Crippen molar-refractivity contribution in [3.05, 3.63) is 47.9 Å². The number of carbonyl (C=O) groups is 1. The highest BCUT2D eigenvalue weighted by molar-refractivity contribution is 5.67. The van der Waals surface area contributed by atoms with Gasteiger partial charge < -0.3 is 5.11 Å². The lowest BCUT2D eigenvalue weighted by atomic mass is 10.1. The second-order valence-electron chi connectivity index (χ2n) is 3.94. The molecule has 0 aliphatic carbocycles. The molecule has 1 N–H and O–H groups in total. The molecule has 2 rings (SSSR count). The molecule has 0 radical (unpaired) electrons. The average Bonchev–Trinajstić information content (AvgIpc) is 2.45. The monoisotopic (exact) mass is 253 g/mol. The Balaban J connectivity index is 2.37. The van der Waals surface area contributed by atoms with Crippen molar-refractivity contribution in [2.75, 3.05) is 0 Å². The summed E-state index contributed by atoms with van der Waals surface area (Å²) in [6.45, 7) is 0. The van der Waals surface area contributed by atoms with Gasteiger partial charge in [-0.25, -0.2) is 9.97 Å². The third-order valence-electron chi connectivity index (χ3n) is 2.54. The summed E-state index contributed by atoms with van der Waals surface area (Å²) in [5, 5.41) is 17.6. The average molecular weight is 253 g/mol. The predicted molar refractivity (Wildman–Crippen MR) is 68.1 cm³/mol. The van der Waals surface area contributed by atoms with E-state index < -0.39 is 5.97 Å². The fourth-order valence-corrected chi connectivity index (χ4v) is 1.67. The number of hydrogen-bond donors (Lipinski definition) is 1. The van der Waals surface area contributed by atoms with Crippen molar-refractivity contribution in [2.45, 2.75) is 12.8 Å². The van der Waals surface area contributed by atoms with Gasteiger partial charge in [-0.05, 0) is 6.07 Å². The molecule has 1 heterocycles. The summed E-state index contributed by atoms with van der Waals surface area (Å²) < 4.78 is 0. The Morgan fingerprint density at radius 1 is 1.26 bits per heavy atom. The van der Waals surface area contributed by atoms with E-state index in [9.17, 15) is 4.79 Å². The molecule has 0 fully saturated rings. The van der Waals surface area contributed by atoms with Crippen molar-refractivity contribution in [1.82, 2.24) is 9.97 Å². The first-order valence-corrected chi connectivity index (χ1v) is 5.74. The molecule has 19 heavy (non-hydrogen) atoms. The van der Waals surface area contributed by atoms with Crippen LogP contribution >= 0.6 is 0 Å². The number of aromatic nitrogens is 2. The van der Waals surface area contributed by atoms with Gasteiger partial charge in [0.2, 0.25) is 5.82 Å². The molecule has 0 aliphatic rings. The maximum absolute atomic E-state index is 10.6. The second kappa shape index (κ2) is 5.74. The number of nitriles is 1. The van der Waals surface area contributed by atoms with Crippen LogP contribution in [0, 0.1) is 11.3 Å². The van der Waals surface area contributed by atoms with Gasteiger partial charge in [0.25, 0.3) is 0 Å². The van der Waals surface area contributed by atoms with E-state index in [0.717, 1.165) is 5.56 Å². The van der Waals surface area contributed by atoms with Crippen LogP contribution < -0.4 is 0 Å². The highest BCUT2D eigenvalue weighted by atomic mass is 16.4. The van der Waals surface area contributed by atoms with E-state index in [0.29, 0.717) is 11.4 Å². The zero-order valence-corrected chi connectivity index (χ0v) is 10.1. The molecular formula is C14H11N3O2. The van der Waals surface area contributed by atoms with Crippen LogP contribution in [0.4, 0.5) is 0 Å². The first-order valence-electron chi connectivity index (χ1n) is 5.74. The minimum Gasteiger partial charge on any atom is -0.481 e. The topological polar surface area (TPSA) is 86.9 Å². The lowest BCUT2D eigenvalue weighted by Gasteiger charge is -2.04. The normalized spacial score (nSPS) is 9.84. The molecule has 0 saturated heterocycles. The molecule has 5 heteroatoms. The summed E-state index contributed by atoms with van der Waals surface area (Å²) in [5.74, 6) is -0.833. The number of hydrogen-bond acceptors (Lipinski definition) is 4. The standard InChI is InChI=1S/C14H11N3O2/c15-9-13-16-11(6-7-14(18)19)8-12(17-13)10-4-2-1-3-5-10/h1-5,8H,6-7H2,(H,18,19). The van der Waals surface area contributed by atoms with Gasteiger partial charge >= 0.3 is 5.97 Å². The Hall–Kier alpha value is -2.74. The molecule has 0 atom stereocenters. The van der Waals surface area contributed by atoms with Crippen LogP contribution in [0.5, 0.6) is 0 Å². The minimum absolute atomic E-state index is 0.0177. The molecule has 0 unspecified atom stereocenters. The van der Waals surface area contributed by atoms with Gasteiger partial charge in [-0.15, -0.1) is 0 Å². The third-order valence-corrected chi connectivity index (χ3v) is 2.54. The first-order chi connectivity index (χ1) is 9.19. The number of carboxylic acids is 1. The lowest BCUT2D eigenvalue weighted by molar-refractivity contribution is -0.136. The summed E-state index contributed by atoms with van der Waals surface area (Å²) in [6.07, 6.45) is 0.266. The van der Waals surface area contributed by atoms with E-state index in [1.807, 2.05) is 36.4 Å². The number of carboxylic acid groups (broad SMARTS) is 1. The Morgan fingerprint density at radius 2 is 2.00 bits per heavy atom. The molecular weight excluding hydrogens is 242 g/mol. The number of rotatable bonds is 4. The third kappa shape index (κ3) is 3.36. The van der Waals surface area contributed by atoms with Gasteiger partial charge in [-0.1, -0.05) is 30.3 Å². The van der Waals surface area contributed by atoms with Crippen molar-refractivity contribution < 1.29 is 9.90 Å². The predicted octanol–water partition coefficient (Wildman–Crippen LogP) is 2.03. The van der Waals surface area contributed by atoms with Gasteiger partial charge in [0.15, 0.2) is 0 Å². The number of benzene rings is 1. The summed E-state index contributed by atoms with van der Waals surface area (Å²) in [6, 6.07) is 13.0. The van der Waals surface area contributed by atoms with Crippen LogP contribution in [0.15, 0.2) is 36.4 Å². The molecule has 0 aliphatic heterocycles. The smallest absolute Gasteiger partial charge is 0.303 e. The largest absolute Gasteiger partial charge is 0.481 e. The van der Waals surface area contributed by atoms with Crippen molar-refractivity contribution in [3.63, 3.8) is 0 Å². The van der Waals surface area contributed by atoms with E-state index >= 15 is 0 Å². The summed E-state index contributed by atoms with van der Waals surface area (Å²) in [5.41, 5.74) is 2.07. The highest BCUT2D eigenvalue weighted by Crippen LogP contribution is 2.17. The van der Waals surface area contributed by atoms with Crippen LogP contribution in [-0.4, -0.2) is 21.0 Å². The molecule has 1 aromatic heterocycles. The Morgan fingerprint density at radius 3 is 2.63 bits per heavy atom. The highest BCUT2D eigenvalue weighted by Gasteiger charge is 2.07. The molecule has 0 amide bonds. The molecule has 0 spiro atoms. The van der Waals surface area contributed by atoms with E-state index in [1.165, 1.54) is 0 Å². The molecule has 2 aromatic rings. The van der Waals surface area contributed by atoms with Crippen molar-refractivity contribution >= 4 is 5.97 Å². The zero-order valence-electron chi connectivity index (χ0n) is 10.1. The van der Waals surface area contributed by atoms with Crippen LogP contribution in [0.2, 0.25) is 0 Å². The number of aliphatic carboxylic acids is 1. The zero-order chi connectivity index (χ0) is 13.7. The van der Waals surface area contributed by atoms with Gasteiger partial charge in [0, 0.05) is 17.7 Å². The quantitative estimate of drug-likeness (QED) is 0.900. The Kier molecular flexibility index (Phi) is 3.84. The number of aryl methyl sites for hydroxylation is 1. The van der Waals surface area contributed by atoms with Gasteiger partial charge in [0.1, 0.15) is 6.07 Å². The fourth-order valence-electron chi connectivity index (χ4n) is 1.67. The Bertz CT molecular complexity index is 633. The maximum atomic E-state index is 10.6. The van der Waals surface area contributed by atoms with Crippen LogP contribution in [0.1, 0.15) is 17.9 Å². The van der Waals surface area contributed by atoms with E-state index in [1.54, 1.807) is 6.07 Å². The molecule has 94 valence electrons. The second-order valence-corrected chi connectivity index (χ2v) is 3.94. The SMILES string of the molecule is N#Cc1nc(CCC(=O)O)cc(-c2ccccc2)n1. The molecule has 0 saturated carbocycles. The van der Waals surface area contributed by atoms with Crippen LogP contribution in [-0.2, 0) is 11.2 Å². The van der Waals surface area contributed by atoms with E-state index in [2.05, 4.69) is 9.97 Å². The molecule has 5 nitrogen and oxygen atoms in total.